The summed E-state index contributed by atoms with van der Waals surface area (Å²) in [6.45, 7) is 7.63. The molecule has 110 valence electrons. The third kappa shape index (κ3) is 4.75. The largest absolute Gasteiger partial charge is 0.350 e. The van der Waals surface area contributed by atoms with Crippen LogP contribution in [0.1, 0.15) is 55.5 Å². The molecule has 1 amide bonds. The first-order chi connectivity index (χ1) is 8.60. The maximum Gasteiger partial charge on any atom is 0.270 e. The van der Waals surface area contributed by atoms with Gasteiger partial charge in [0.15, 0.2) is 0 Å². The van der Waals surface area contributed by atoms with Crippen LogP contribution in [0.15, 0.2) is 5.38 Å². The number of hydrogen-bond donors (Lipinski definition) is 2. The molecular weight excluding hydrogens is 282 g/mol. The Balaban J connectivity index is 0.00000324. The minimum atomic E-state index is -0.0920. The lowest BCUT2D eigenvalue weighted by molar-refractivity contribution is 0.0919. The van der Waals surface area contributed by atoms with E-state index in [1.807, 2.05) is 0 Å². The van der Waals surface area contributed by atoms with Crippen LogP contribution in [-0.4, -0.2) is 17.4 Å². The van der Waals surface area contributed by atoms with Crippen LogP contribution in [0.3, 0.4) is 0 Å². The summed E-state index contributed by atoms with van der Waals surface area (Å²) in [5.41, 5.74) is 6.18. The first-order valence-corrected chi connectivity index (χ1v) is 7.41. The molecule has 0 aromatic carbocycles. The Morgan fingerprint density at radius 1 is 1.37 bits per heavy atom. The SMILES string of the molecule is CCC(CC)(CC)CNC(=O)c1csc(CN)n1.Cl. The molecule has 0 saturated heterocycles. The number of hydrogen-bond acceptors (Lipinski definition) is 4. The highest BCUT2D eigenvalue weighted by molar-refractivity contribution is 7.09. The Morgan fingerprint density at radius 3 is 2.37 bits per heavy atom. The molecule has 0 radical (unpaired) electrons. The van der Waals surface area contributed by atoms with Gasteiger partial charge in [0.05, 0.1) is 0 Å². The van der Waals surface area contributed by atoms with E-state index in [2.05, 4.69) is 31.1 Å². The third-order valence-corrected chi connectivity index (χ3v) is 4.70. The molecule has 1 aromatic heterocycles. The van der Waals surface area contributed by atoms with Gasteiger partial charge >= 0.3 is 0 Å². The number of halogens is 1. The van der Waals surface area contributed by atoms with E-state index in [9.17, 15) is 4.79 Å². The molecule has 0 aliphatic heterocycles. The van der Waals surface area contributed by atoms with Crippen molar-refractivity contribution >= 4 is 29.7 Å². The van der Waals surface area contributed by atoms with Gasteiger partial charge in [0, 0.05) is 18.5 Å². The molecule has 3 N–H and O–H groups in total. The van der Waals surface area contributed by atoms with Crippen molar-refractivity contribution < 1.29 is 4.79 Å². The van der Waals surface area contributed by atoms with Gasteiger partial charge in [-0.3, -0.25) is 4.79 Å². The zero-order valence-electron chi connectivity index (χ0n) is 11.9. The second-order valence-corrected chi connectivity index (χ2v) is 5.52. The highest BCUT2D eigenvalue weighted by Gasteiger charge is 2.24. The van der Waals surface area contributed by atoms with E-state index >= 15 is 0 Å². The molecule has 1 rings (SSSR count). The van der Waals surface area contributed by atoms with Gasteiger partial charge < -0.3 is 11.1 Å². The fourth-order valence-corrected chi connectivity index (χ4v) is 2.65. The first-order valence-electron chi connectivity index (χ1n) is 6.53. The molecule has 0 fully saturated rings. The Labute approximate surface area is 125 Å². The van der Waals surface area contributed by atoms with Crippen molar-refractivity contribution in [3.05, 3.63) is 16.1 Å². The molecular formula is C13H24ClN3OS. The van der Waals surface area contributed by atoms with E-state index in [0.717, 1.165) is 24.3 Å². The molecule has 0 bridgehead atoms. The molecule has 1 aromatic rings. The Hall–Kier alpha value is -0.650. The summed E-state index contributed by atoms with van der Waals surface area (Å²) in [6, 6.07) is 0. The van der Waals surface area contributed by atoms with E-state index in [0.29, 0.717) is 18.8 Å². The first kappa shape index (κ1) is 18.4. The quantitative estimate of drug-likeness (QED) is 0.814. The zero-order valence-corrected chi connectivity index (χ0v) is 13.5. The van der Waals surface area contributed by atoms with Gasteiger partial charge in [-0.15, -0.1) is 23.7 Å². The number of nitrogens with two attached hydrogens (primary N) is 1. The number of nitrogens with zero attached hydrogens (tertiary/aromatic N) is 1. The number of carbonyl (C=O) groups excluding carboxylic acids is 1. The number of aromatic nitrogens is 1. The molecule has 0 unspecified atom stereocenters. The standard InChI is InChI=1S/C13H23N3OS.ClH/c1-4-13(5-2,6-3)9-15-12(17)10-8-18-11(7-14)16-10;/h8H,4-7,9,14H2,1-3H3,(H,15,17);1H. The summed E-state index contributed by atoms with van der Waals surface area (Å²) < 4.78 is 0. The van der Waals surface area contributed by atoms with Crippen LogP contribution in [0, 0.1) is 5.41 Å². The Morgan fingerprint density at radius 2 is 1.95 bits per heavy atom. The zero-order chi connectivity index (χ0) is 13.6. The third-order valence-electron chi connectivity index (χ3n) is 3.83. The fraction of sp³-hybridized carbons (Fsp3) is 0.692. The summed E-state index contributed by atoms with van der Waals surface area (Å²) in [5, 5.41) is 5.56. The van der Waals surface area contributed by atoms with Crippen LogP contribution >= 0.6 is 23.7 Å². The molecule has 0 spiro atoms. The molecule has 6 heteroatoms. The maximum absolute atomic E-state index is 12.0. The van der Waals surface area contributed by atoms with Gasteiger partial charge in [-0.2, -0.15) is 0 Å². The van der Waals surface area contributed by atoms with Gasteiger partial charge in [-0.05, 0) is 24.7 Å². The minimum Gasteiger partial charge on any atom is -0.350 e. The molecule has 0 aliphatic carbocycles. The lowest BCUT2D eigenvalue weighted by Crippen LogP contribution is -2.36. The topological polar surface area (TPSA) is 68.0 Å². The van der Waals surface area contributed by atoms with E-state index in [1.54, 1.807) is 5.38 Å². The van der Waals surface area contributed by atoms with Crippen molar-refractivity contribution in [2.24, 2.45) is 11.1 Å². The molecule has 0 saturated carbocycles. The average molecular weight is 306 g/mol. The fourth-order valence-electron chi connectivity index (χ4n) is 1.99. The van der Waals surface area contributed by atoms with Crippen molar-refractivity contribution in [3.8, 4) is 0 Å². The molecule has 4 nitrogen and oxygen atoms in total. The van der Waals surface area contributed by atoms with Gasteiger partial charge in [-0.1, -0.05) is 20.8 Å². The van der Waals surface area contributed by atoms with Crippen molar-refractivity contribution in [1.82, 2.24) is 10.3 Å². The second-order valence-electron chi connectivity index (χ2n) is 4.57. The average Bonchev–Trinajstić information content (AvgIpc) is 2.89. The van der Waals surface area contributed by atoms with Gasteiger partial charge in [0.1, 0.15) is 10.7 Å². The molecule has 19 heavy (non-hydrogen) atoms. The molecule has 1 heterocycles. The van der Waals surface area contributed by atoms with Crippen LogP contribution in [0.4, 0.5) is 0 Å². The summed E-state index contributed by atoms with van der Waals surface area (Å²) in [7, 11) is 0. The maximum atomic E-state index is 12.0. The van der Waals surface area contributed by atoms with E-state index in [-0.39, 0.29) is 23.7 Å². The summed E-state index contributed by atoms with van der Waals surface area (Å²) in [5.74, 6) is -0.0920. The van der Waals surface area contributed by atoms with Gasteiger partial charge in [-0.25, -0.2) is 4.98 Å². The highest BCUT2D eigenvalue weighted by Crippen LogP contribution is 2.29. The number of amides is 1. The summed E-state index contributed by atoms with van der Waals surface area (Å²) in [6.07, 6.45) is 3.22. The molecule has 0 aliphatic rings. The van der Waals surface area contributed by atoms with Crippen LogP contribution in [0.5, 0.6) is 0 Å². The Bertz CT molecular complexity index is 383. The minimum absolute atomic E-state index is 0. The smallest absolute Gasteiger partial charge is 0.270 e. The van der Waals surface area contributed by atoms with Crippen molar-refractivity contribution in [2.45, 2.75) is 46.6 Å². The van der Waals surface area contributed by atoms with Crippen molar-refractivity contribution in [3.63, 3.8) is 0 Å². The predicted molar refractivity (Wildman–Crippen MR) is 82.9 cm³/mol. The Kier molecular flexibility index (Phi) is 8.22. The lowest BCUT2D eigenvalue weighted by Gasteiger charge is -2.30. The second kappa shape index (κ2) is 8.51. The van der Waals surface area contributed by atoms with Gasteiger partial charge in [0.2, 0.25) is 0 Å². The van der Waals surface area contributed by atoms with Crippen LogP contribution in [0.25, 0.3) is 0 Å². The lowest BCUT2D eigenvalue weighted by atomic mass is 9.80. The van der Waals surface area contributed by atoms with Crippen LogP contribution < -0.4 is 11.1 Å². The van der Waals surface area contributed by atoms with E-state index < -0.39 is 0 Å². The van der Waals surface area contributed by atoms with Crippen molar-refractivity contribution in [2.75, 3.05) is 6.54 Å². The van der Waals surface area contributed by atoms with E-state index in [4.69, 9.17) is 5.73 Å². The highest BCUT2D eigenvalue weighted by atomic mass is 35.5. The van der Waals surface area contributed by atoms with Crippen LogP contribution in [-0.2, 0) is 6.54 Å². The van der Waals surface area contributed by atoms with Crippen molar-refractivity contribution in [1.29, 1.82) is 0 Å². The number of carbonyl (C=O) groups is 1. The summed E-state index contributed by atoms with van der Waals surface area (Å²) in [4.78, 5) is 16.1. The predicted octanol–water partition coefficient (Wildman–Crippen LogP) is 2.97. The number of rotatable bonds is 7. The number of nitrogens with one attached hydrogen (secondary N) is 1. The normalized spacial score (nSPS) is 10.9. The van der Waals surface area contributed by atoms with Gasteiger partial charge in [0.25, 0.3) is 5.91 Å². The monoisotopic (exact) mass is 305 g/mol. The van der Waals surface area contributed by atoms with E-state index in [1.165, 1.54) is 11.3 Å². The molecule has 0 atom stereocenters. The number of thiazole rings is 1. The van der Waals surface area contributed by atoms with Crippen LogP contribution in [0.2, 0.25) is 0 Å². The summed E-state index contributed by atoms with van der Waals surface area (Å²) >= 11 is 1.43.